The van der Waals surface area contributed by atoms with Crippen molar-refractivity contribution in [2.24, 2.45) is 11.8 Å². The summed E-state index contributed by atoms with van der Waals surface area (Å²) in [5.74, 6) is 0.948. The Morgan fingerprint density at radius 2 is 1.82 bits per heavy atom. The summed E-state index contributed by atoms with van der Waals surface area (Å²) < 4.78 is 1.76. The highest BCUT2D eigenvalue weighted by Gasteiger charge is 2.37. The Labute approximate surface area is 228 Å². The lowest BCUT2D eigenvalue weighted by atomic mass is 9.92. The van der Waals surface area contributed by atoms with Gasteiger partial charge in [0.15, 0.2) is 0 Å². The molecule has 206 valence electrons. The Bertz CT molecular complexity index is 1290. The topological polar surface area (TPSA) is 102 Å². The van der Waals surface area contributed by atoms with Crippen LogP contribution in [0.1, 0.15) is 38.1 Å². The summed E-state index contributed by atoms with van der Waals surface area (Å²) in [5, 5.41) is 6.64. The summed E-state index contributed by atoms with van der Waals surface area (Å²) in [4.78, 5) is 46.2. The molecule has 3 N–H and O–H groups in total. The Kier molecular flexibility index (Phi) is 7.41. The third kappa shape index (κ3) is 5.88. The molecule has 3 atom stereocenters. The van der Waals surface area contributed by atoms with E-state index in [0.29, 0.717) is 50.9 Å². The number of aromatic nitrogens is 2. The number of urea groups is 1. The van der Waals surface area contributed by atoms with Crippen LogP contribution in [0.5, 0.6) is 0 Å². The molecule has 3 heterocycles. The molecular weight excluding hydrogens is 492 g/mol. The van der Waals surface area contributed by atoms with Crippen molar-refractivity contribution in [2.45, 2.75) is 50.2 Å². The van der Waals surface area contributed by atoms with Crippen molar-refractivity contribution in [3.63, 3.8) is 0 Å². The van der Waals surface area contributed by atoms with Crippen molar-refractivity contribution in [1.82, 2.24) is 30.0 Å². The maximum absolute atomic E-state index is 13.5. The van der Waals surface area contributed by atoms with Gasteiger partial charge in [0, 0.05) is 51.0 Å². The third-order valence-corrected chi connectivity index (χ3v) is 8.59. The van der Waals surface area contributed by atoms with Gasteiger partial charge in [0.05, 0.1) is 5.69 Å². The molecule has 4 aliphatic rings. The molecular formula is C30H38N6O3. The number of allylic oxidation sites excluding steroid dienone is 3. The number of amides is 3. The van der Waals surface area contributed by atoms with E-state index in [-0.39, 0.29) is 29.7 Å². The Hall–Kier alpha value is -3.59. The number of carbonyl (C=O) groups is 2. The quantitative estimate of drug-likeness (QED) is 0.535. The van der Waals surface area contributed by atoms with E-state index < -0.39 is 6.04 Å². The van der Waals surface area contributed by atoms with E-state index in [0.717, 1.165) is 24.2 Å². The fourth-order valence-corrected chi connectivity index (χ4v) is 6.08. The Morgan fingerprint density at radius 1 is 1.03 bits per heavy atom. The summed E-state index contributed by atoms with van der Waals surface area (Å²) in [6.45, 7) is 2.96. The number of H-pyrrole nitrogens is 1. The van der Waals surface area contributed by atoms with Gasteiger partial charge in [-0.2, -0.15) is 0 Å². The first-order valence-corrected chi connectivity index (χ1v) is 14.3. The minimum absolute atomic E-state index is 0.0165. The maximum atomic E-state index is 13.5. The van der Waals surface area contributed by atoms with E-state index in [1.165, 1.54) is 12.8 Å². The SMILES string of the molecule is O=C(N[C@@H]1CN[C@@H](C2C=CC=CC2)CN(CC2CC2)C1=O)N1CCC(n2cc(-c3ccccc3)[nH]c2=O)CC1. The second-order valence-corrected chi connectivity index (χ2v) is 11.4. The number of carbonyl (C=O) groups excluding carboxylic acids is 2. The predicted octanol–water partition coefficient (Wildman–Crippen LogP) is 2.90. The van der Waals surface area contributed by atoms with Gasteiger partial charge >= 0.3 is 11.7 Å². The van der Waals surface area contributed by atoms with Crippen molar-refractivity contribution in [1.29, 1.82) is 0 Å². The molecule has 0 bridgehead atoms. The number of nitrogens with one attached hydrogen (secondary N) is 3. The summed E-state index contributed by atoms with van der Waals surface area (Å²) in [6, 6.07) is 9.22. The molecule has 9 nitrogen and oxygen atoms in total. The molecule has 39 heavy (non-hydrogen) atoms. The van der Waals surface area contributed by atoms with Gasteiger partial charge in [-0.3, -0.25) is 9.36 Å². The number of aromatic amines is 1. The van der Waals surface area contributed by atoms with Crippen LogP contribution >= 0.6 is 0 Å². The molecule has 1 aromatic heterocycles. The van der Waals surface area contributed by atoms with Crippen LogP contribution in [-0.2, 0) is 4.79 Å². The number of nitrogens with zero attached hydrogens (tertiary/aromatic N) is 3. The Morgan fingerprint density at radius 3 is 2.54 bits per heavy atom. The second kappa shape index (κ2) is 11.3. The van der Waals surface area contributed by atoms with Gasteiger partial charge in [-0.05, 0) is 49.5 Å². The van der Waals surface area contributed by atoms with Gasteiger partial charge in [0.2, 0.25) is 5.91 Å². The monoisotopic (exact) mass is 530 g/mol. The summed E-state index contributed by atoms with van der Waals surface area (Å²) in [5.41, 5.74) is 1.65. The lowest BCUT2D eigenvalue weighted by Gasteiger charge is -2.33. The zero-order valence-corrected chi connectivity index (χ0v) is 22.3. The van der Waals surface area contributed by atoms with E-state index in [2.05, 4.69) is 39.9 Å². The molecule has 3 fully saturated rings. The van der Waals surface area contributed by atoms with Crippen molar-refractivity contribution >= 4 is 11.9 Å². The number of likely N-dealkylation sites (tertiary alicyclic amines) is 1. The minimum atomic E-state index is -0.581. The van der Waals surface area contributed by atoms with Gasteiger partial charge in [-0.1, -0.05) is 54.6 Å². The first kappa shape index (κ1) is 25.7. The van der Waals surface area contributed by atoms with Crippen molar-refractivity contribution < 1.29 is 9.59 Å². The van der Waals surface area contributed by atoms with Crippen LogP contribution in [0.4, 0.5) is 4.79 Å². The molecule has 2 aliphatic carbocycles. The number of hydrogen-bond donors (Lipinski definition) is 3. The standard InChI is InChI=1S/C30H38N6O3/c37-28-25(17-31-26(22-7-3-1-4-8-22)19-35(28)18-21-11-12-21)32-29(38)34-15-13-24(14-16-34)36-20-27(33-30(36)39)23-9-5-2-6-10-23/h1-7,9-10,20-22,24-26,31H,8,11-19H2,(H,32,38)(H,33,39)/t22?,25-,26-/m1/s1. The zero-order chi connectivity index (χ0) is 26.8. The smallest absolute Gasteiger partial charge is 0.326 e. The molecule has 2 aromatic rings. The molecule has 0 spiro atoms. The second-order valence-electron chi connectivity index (χ2n) is 11.4. The number of hydrogen-bond acceptors (Lipinski definition) is 4. The maximum Gasteiger partial charge on any atom is 0.326 e. The minimum Gasteiger partial charge on any atom is -0.339 e. The van der Waals surface area contributed by atoms with Crippen LogP contribution in [-0.4, -0.2) is 76.1 Å². The molecule has 0 radical (unpaired) electrons. The van der Waals surface area contributed by atoms with E-state index in [9.17, 15) is 14.4 Å². The first-order chi connectivity index (χ1) is 19.0. The normalized spacial score (nSPS) is 26.1. The van der Waals surface area contributed by atoms with Gasteiger partial charge in [-0.25, -0.2) is 9.59 Å². The van der Waals surface area contributed by atoms with Crippen LogP contribution in [0.15, 0.2) is 65.6 Å². The van der Waals surface area contributed by atoms with Gasteiger partial charge in [0.25, 0.3) is 0 Å². The average Bonchev–Trinajstić information content (AvgIpc) is 3.74. The zero-order valence-electron chi connectivity index (χ0n) is 22.3. The van der Waals surface area contributed by atoms with E-state index in [4.69, 9.17) is 0 Å². The lowest BCUT2D eigenvalue weighted by Crippen LogP contribution is -2.55. The van der Waals surface area contributed by atoms with E-state index in [1.807, 2.05) is 41.4 Å². The largest absolute Gasteiger partial charge is 0.339 e. The van der Waals surface area contributed by atoms with Crippen LogP contribution in [0.2, 0.25) is 0 Å². The molecule has 6 rings (SSSR count). The van der Waals surface area contributed by atoms with Crippen molar-refractivity contribution in [3.05, 3.63) is 71.3 Å². The summed E-state index contributed by atoms with van der Waals surface area (Å²) in [7, 11) is 0. The van der Waals surface area contributed by atoms with Gasteiger partial charge in [-0.15, -0.1) is 0 Å². The van der Waals surface area contributed by atoms with Crippen molar-refractivity contribution in [2.75, 3.05) is 32.7 Å². The molecule has 1 unspecified atom stereocenters. The van der Waals surface area contributed by atoms with Gasteiger partial charge in [0.1, 0.15) is 6.04 Å². The van der Waals surface area contributed by atoms with Gasteiger partial charge < -0.3 is 25.4 Å². The summed E-state index contributed by atoms with van der Waals surface area (Å²) >= 11 is 0. The molecule has 3 amide bonds. The number of rotatable bonds is 6. The molecule has 1 saturated carbocycles. The highest BCUT2D eigenvalue weighted by molar-refractivity contribution is 5.87. The molecule has 2 aliphatic heterocycles. The summed E-state index contributed by atoms with van der Waals surface area (Å²) in [6.07, 6.45) is 15.1. The van der Waals surface area contributed by atoms with Crippen LogP contribution in [0.3, 0.4) is 0 Å². The van der Waals surface area contributed by atoms with Crippen molar-refractivity contribution in [3.8, 4) is 11.3 Å². The first-order valence-electron chi connectivity index (χ1n) is 14.3. The Balaban J connectivity index is 1.07. The van der Waals surface area contributed by atoms with Crippen LogP contribution in [0, 0.1) is 11.8 Å². The molecule has 9 heteroatoms. The number of piperidine rings is 1. The highest BCUT2D eigenvalue weighted by Crippen LogP contribution is 2.31. The fraction of sp³-hybridized carbons (Fsp3) is 0.500. The number of benzene rings is 1. The van der Waals surface area contributed by atoms with Crippen LogP contribution < -0.4 is 16.3 Å². The lowest BCUT2D eigenvalue weighted by molar-refractivity contribution is -0.132. The average molecular weight is 531 g/mol. The van der Waals surface area contributed by atoms with Crippen LogP contribution in [0.25, 0.3) is 11.3 Å². The fourth-order valence-electron chi connectivity index (χ4n) is 6.08. The predicted molar refractivity (Wildman–Crippen MR) is 150 cm³/mol. The molecule has 2 saturated heterocycles. The third-order valence-electron chi connectivity index (χ3n) is 8.59. The molecule has 1 aromatic carbocycles. The highest BCUT2D eigenvalue weighted by atomic mass is 16.2. The van der Waals surface area contributed by atoms with E-state index >= 15 is 0 Å². The van der Waals surface area contributed by atoms with E-state index in [1.54, 1.807) is 9.47 Å². The number of imidazole rings is 1.